The van der Waals surface area contributed by atoms with E-state index in [4.69, 9.17) is 0 Å². The minimum atomic E-state index is -0.0826. The second-order valence-electron chi connectivity index (χ2n) is 5.00. The molecule has 0 radical (unpaired) electrons. The number of amides is 1. The summed E-state index contributed by atoms with van der Waals surface area (Å²) in [6, 6.07) is 10.1. The van der Waals surface area contributed by atoms with Crippen LogP contribution in [0.1, 0.15) is 25.8 Å². The van der Waals surface area contributed by atoms with Gasteiger partial charge in [-0.3, -0.25) is 4.79 Å². The van der Waals surface area contributed by atoms with E-state index >= 15 is 0 Å². The highest BCUT2D eigenvalue weighted by molar-refractivity contribution is 5.81. The second-order valence-corrected chi connectivity index (χ2v) is 5.00. The van der Waals surface area contributed by atoms with Crippen molar-refractivity contribution in [2.45, 2.75) is 32.7 Å². The van der Waals surface area contributed by atoms with Crippen LogP contribution in [0, 0.1) is 5.92 Å². The van der Waals surface area contributed by atoms with Gasteiger partial charge in [-0.25, -0.2) is 0 Å². The SMILES string of the molecule is CN[C@@H](CC(C)C)C(=O)NCCc1ccccc1. The molecule has 0 spiro atoms. The summed E-state index contributed by atoms with van der Waals surface area (Å²) in [7, 11) is 1.84. The van der Waals surface area contributed by atoms with Crippen molar-refractivity contribution in [3.8, 4) is 0 Å². The summed E-state index contributed by atoms with van der Waals surface area (Å²) < 4.78 is 0. The maximum absolute atomic E-state index is 11.9. The Bertz CT molecular complexity index is 349. The lowest BCUT2D eigenvalue weighted by Crippen LogP contribution is -2.43. The van der Waals surface area contributed by atoms with Crippen molar-refractivity contribution < 1.29 is 4.79 Å². The highest BCUT2D eigenvalue weighted by Crippen LogP contribution is 2.04. The van der Waals surface area contributed by atoms with Crippen LogP contribution in [0.25, 0.3) is 0 Å². The first kappa shape index (κ1) is 14.7. The average molecular weight is 248 g/mol. The quantitative estimate of drug-likeness (QED) is 0.774. The number of likely N-dealkylation sites (N-methyl/N-ethyl adjacent to an activating group) is 1. The molecule has 2 N–H and O–H groups in total. The smallest absolute Gasteiger partial charge is 0.237 e. The summed E-state index contributed by atoms with van der Waals surface area (Å²) in [5.41, 5.74) is 1.25. The van der Waals surface area contributed by atoms with Crippen LogP contribution in [0.15, 0.2) is 30.3 Å². The predicted molar refractivity (Wildman–Crippen MR) is 75.5 cm³/mol. The summed E-state index contributed by atoms with van der Waals surface area (Å²) in [5, 5.41) is 6.06. The Labute approximate surface area is 110 Å². The van der Waals surface area contributed by atoms with Crippen LogP contribution in [0.2, 0.25) is 0 Å². The highest BCUT2D eigenvalue weighted by atomic mass is 16.2. The molecule has 18 heavy (non-hydrogen) atoms. The van der Waals surface area contributed by atoms with Gasteiger partial charge in [0.2, 0.25) is 5.91 Å². The molecule has 0 saturated carbocycles. The first-order valence-electron chi connectivity index (χ1n) is 6.62. The molecule has 0 fully saturated rings. The number of hydrogen-bond acceptors (Lipinski definition) is 2. The van der Waals surface area contributed by atoms with Gasteiger partial charge in [-0.15, -0.1) is 0 Å². The van der Waals surface area contributed by atoms with E-state index < -0.39 is 0 Å². The zero-order valence-corrected chi connectivity index (χ0v) is 11.6. The Balaban J connectivity index is 2.31. The Kier molecular flexibility index (Phi) is 6.44. The molecule has 1 rings (SSSR count). The van der Waals surface area contributed by atoms with Crippen molar-refractivity contribution in [2.24, 2.45) is 5.92 Å². The van der Waals surface area contributed by atoms with Crippen molar-refractivity contribution in [3.05, 3.63) is 35.9 Å². The normalized spacial score (nSPS) is 12.4. The third-order valence-electron chi connectivity index (χ3n) is 2.93. The molecule has 3 heteroatoms. The van der Waals surface area contributed by atoms with E-state index in [2.05, 4.69) is 36.6 Å². The Morgan fingerprint density at radius 1 is 1.22 bits per heavy atom. The topological polar surface area (TPSA) is 41.1 Å². The van der Waals surface area contributed by atoms with Gasteiger partial charge in [0, 0.05) is 6.54 Å². The maximum Gasteiger partial charge on any atom is 0.237 e. The Hall–Kier alpha value is -1.35. The summed E-state index contributed by atoms with van der Waals surface area (Å²) in [4.78, 5) is 11.9. The van der Waals surface area contributed by atoms with Gasteiger partial charge in [0.25, 0.3) is 0 Å². The Morgan fingerprint density at radius 2 is 1.89 bits per heavy atom. The number of benzene rings is 1. The molecular formula is C15H24N2O. The number of hydrogen-bond donors (Lipinski definition) is 2. The standard InChI is InChI=1S/C15H24N2O/c1-12(2)11-14(16-3)15(18)17-10-9-13-7-5-4-6-8-13/h4-8,12,14,16H,9-11H2,1-3H3,(H,17,18)/t14-/m0/s1. The van der Waals surface area contributed by atoms with Crippen LogP contribution in [-0.4, -0.2) is 25.5 Å². The molecule has 0 heterocycles. The second kappa shape index (κ2) is 7.88. The van der Waals surface area contributed by atoms with E-state index in [-0.39, 0.29) is 11.9 Å². The van der Waals surface area contributed by atoms with Crippen molar-refractivity contribution in [1.29, 1.82) is 0 Å². The lowest BCUT2D eigenvalue weighted by atomic mass is 10.0. The van der Waals surface area contributed by atoms with Crippen LogP contribution >= 0.6 is 0 Å². The van der Waals surface area contributed by atoms with E-state index in [1.807, 2.05) is 25.2 Å². The molecule has 3 nitrogen and oxygen atoms in total. The molecule has 0 aromatic heterocycles. The molecular weight excluding hydrogens is 224 g/mol. The van der Waals surface area contributed by atoms with Crippen LogP contribution in [0.5, 0.6) is 0 Å². The lowest BCUT2D eigenvalue weighted by molar-refractivity contribution is -0.123. The van der Waals surface area contributed by atoms with E-state index in [1.54, 1.807) is 0 Å². The molecule has 0 bridgehead atoms. The van der Waals surface area contributed by atoms with E-state index in [1.165, 1.54) is 5.56 Å². The van der Waals surface area contributed by atoms with E-state index in [9.17, 15) is 4.79 Å². The maximum atomic E-state index is 11.9. The number of nitrogens with one attached hydrogen (secondary N) is 2. The van der Waals surface area contributed by atoms with Gasteiger partial charge in [0.1, 0.15) is 0 Å². The van der Waals surface area contributed by atoms with Crippen LogP contribution in [-0.2, 0) is 11.2 Å². The fourth-order valence-corrected chi connectivity index (χ4v) is 1.93. The first-order chi connectivity index (χ1) is 8.63. The molecule has 1 atom stereocenters. The molecule has 100 valence electrons. The summed E-state index contributed by atoms with van der Waals surface area (Å²) >= 11 is 0. The van der Waals surface area contributed by atoms with Crippen molar-refractivity contribution >= 4 is 5.91 Å². The lowest BCUT2D eigenvalue weighted by Gasteiger charge is -2.17. The molecule has 1 amide bonds. The number of rotatable bonds is 7. The zero-order valence-electron chi connectivity index (χ0n) is 11.6. The largest absolute Gasteiger partial charge is 0.354 e. The van der Waals surface area contributed by atoms with Crippen molar-refractivity contribution in [1.82, 2.24) is 10.6 Å². The number of carbonyl (C=O) groups is 1. The predicted octanol–water partition coefficient (Wildman–Crippen LogP) is 1.98. The molecule has 1 aromatic rings. The van der Waals surface area contributed by atoms with E-state index in [0.717, 1.165) is 12.8 Å². The van der Waals surface area contributed by atoms with Crippen molar-refractivity contribution in [3.63, 3.8) is 0 Å². The average Bonchev–Trinajstić information content (AvgIpc) is 2.36. The van der Waals surface area contributed by atoms with Gasteiger partial charge in [0.05, 0.1) is 6.04 Å². The van der Waals surface area contributed by atoms with Crippen LogP contribution in [0.4, 0.5) is 0 Å². The monoisotopic (exact) mass is 248 g/mol. The molecule has 0 aliphatic rings. The number of carbonyl (C=O) groups excluding carboxylic acids is 1. The third-order valence-corrected chi connectivity index (χ3v) is 2.93. The molecule has 0 aliphatic heterocycles. The van der Waals surface area contributed by atoms with Gasteiger partial charge in [-0.1, -0.05) is 44.2 Å². The fourth-order valence-electron chi connectivity index (χ4n) is 1.93. The fraction of sp³-hybridized carbons (Fsp3) is 0.533. The molecule has 0 aliphatic carbocycles. The van der Waals surface area contributed by atoms with Gasteiger partial charge in [-0.05, 0) is 31.4 Å². The minimum Gasteiger partial charge on any atom is -0.354 e. The van der Waals surface area contributed by atoms with Gasteiger partial charge in [-0.2, -0.15) is 0 Å². The molecule has 1 aromatic carbocycles. The summed E-state index contributed by atoms with van der Waals surface area (Å²) in [6.45, 7) is 4.95. The highest BCUT2D eigenvalue weighted by Gasteiger charge is 2.16. The minimum absolute atomic E-state index is 0.0826. The summed E-state index contributed by atoms with van der Waals surface area (Å²) in [6.07, 6.45) is 1.75. The first-order valence-corrected chi connectivity index (χ1v) is 6.62. The summed E-state index contributed by atoms with van der Waals surface area (Å²) in [5.74, 6) is 0.615. The molecule has 0 unspecified atom stereocenters. The van der Waals surface area contributed by atoms with Crippen LogP contribution < -0.4 is 10.6 Å². The third kappa shape index (κ3) is 5.32. The van der Waals surface area contributed by atoms with Gasteiger partial charge in [0.15, 0.2) is 0 Å². The molecule has 0 saturated heterocycles. The van der Waals surface area contributed by atoms with E-state index in [0.29, 0.717) is 12.5 Å². The zero-order chi connectivity index (χ0) is 13.4. The van der Waals surface area contributed by atoms with Gasteiger partial charge < -0.3 is 10.6 Å². The Morgan fingerprint density at radius 3 is 2.44 bits per heavy atom. The van der Waals surface area contributed by atoms with Gasteiger partial charge >= 0.3 is 0 Å². The van der Waals surface area contributed by atoms with Crippen LogP contribution in [0.3, 0.4) is 0 Å². The van der Waals surface area contributed by atoms with Crippen molar-refractivity contribution in [2.75, 3.05) is 13.6 Å².